The SMILES string of the molecule is COc1ccc(Cn2nnc(C(=O)NCc3ccoc3C)c2C)cc1. The molecule has 0 unspecified atom stereocenters. The fourth-order valence-corrected chi connectivity index (χ4v) is 2.48. The second kappa shape index (κ2) is 7.21. The molecule has 1 aromatic carbocycles. The number of ether oxygens (including phenoxy) is 1. The molecular formula is C18H20N4O3. The van der Waals surface area contributed by atoms with E-state index in [1.807, 2.05) is 44.2 Å². The quantitative estimate of drug-likeness (QED) is 0.745. The molecular weight excluding hydrogens is 320 g/mol. The lowest BCUT2D eigenvalue weighted by atomic mass is 10.2. The van der Waals surface area contributed by atoms with E-state index in [0.29, 0.717) is 18.8 Å². The highest BCUT2D eigenvalue weighted by atomic mass is 16.5. The van der Waals surface area contributed by atoms with Crippen molar-refractivity contribution in [1.82, 2.24) is 20.3 Å². The molecule has 25 heavy (non-hydrogen) atoms. The van der Waals surface area contributed by atoms with Gasteiger partial charge in [-0.15, -0.1) is 5.10 Å². The van der Waals surface area contributed by atoms with Crippen molar-refractivity contribution in [1.29, 1.82) is 0 Å². The number of carbonyl (C=O) groups is 1. The maximum atomic E-state index is 12.3. The number of benzene rings is 1. The first-order chi connectivity index (χ1) is 12.1. The van der Waals surface area contributed by atoms with Gasteiger partial charge in [0.2, 0.25) is 0 Å². The Bertz CT molecular complexity index is 865. The number of nitrogens with zero attached hydrogens (tertiary/aromatic N) is 3. The van der Waals surface area contributed by atoms with Crippen LogP contribution in [0.2, 0.25) is 0 Å². The molecule has 0 saturated heterocycles. The second-order valence-corrected chi connectivity index (χ2v) is 5.71. The van der Waals surface area contributed by atoms with Gasteiger partial charge in [-0.2, -0.15) is 0 Å². The lowest BCUT2D eigenvalue weighted by Gasteiger charge is -2.06. The molecule has 130 valence electrons. The minimum absolute atomic E-state index is 0.251. The Kier molecular flexibility index (Phi) is 4.83. The summed E-state index contributed by atoms with van der Waals surface area (Å²) in [6, 6.07) is 9.54. The van der Waals surface area contributed by atoms with Crippen LogP contribution in [0.3, 0.4) is 0 Å². The first-order valence-corrected chi connectivity index (χ1v) is 7.92. The van der Waals surface area contributed by atoms with Crippen molar-refractivity contribution in [3.8, 4) is 5.75 Å². The summed E-state index contributed by atoms with van der Waals surface area (Å²) in [4.78, 5) is 12.3. The van der Waals surface area contributed by atoms with E-state index < -0.39 is 0 Å². The standard InChI is InChI=1S/C18H20N4O3/c1-12-17(18(23)19-10-15-8-9-25-13(15)2)20-21-22(12)11-14-4-6-16(24-3)7-5-14/h4-9H,10-11H2,1-3H3,(H,19,23). The zero-order valence-electron chi connectivity index (χ0n) is 14.4. The molecule has 0 aliphatic rings. The summed E-state index contributed by atoms with van der Waals surface area (Å²) in [5.41, 5.74) is 3.04. The molecule has 0 aliphatic carbocycles. The van der Waals surface area contributed by atoms with Crippen LogP contribution in [0.15, 0.2) is 41.0 Å². The van der Waals surface area contributed by atoms with Crippen LogP contribution in [0.1, 0.15) is 33.1 Å². The van der Waals surface area contributed by atoms with Crippen molar-refractivity contribution < 1.29 is 13.9 Å². The van der Waals surface area contributed by atoms with Crippen molar-refractivity contribution in [2.75, 3.05) is 7.11 Å². The molecule has 2 aromatic heterocycles. The number of amides is 1. The third-order valence-electron chi connectivity index (χ3n) is 4.09. The number of hydrogen-bond acceptors (Lipinski definition) is 5. The highest BCUT2D eigenvalue weighted by molar-refractivity contribution is 5.93. The minimum Gasteiger partial charge on any atom is -0.497 e. The van der Waals surface area contributed by atoms with Crippen LogP contribution in [-0.2, 0) is 13.1 Å². The van der Waals surface area contributed by atoms with Crippen LogP contribution in [0.25, 0.3) is 0 Å². The number of rotatable bonds is 6. The molecule has 2 heterocycles. The predicted octanol–water partition coefficient (Wildman–Crippen LogP) is 2.47. The van der Waals surface area contributed by atoms with Crippen LogP contribution in [0.4, 0.5) is 0 Å². The number of furan rings is 1. The minimum atomic E-state index is -0.251. The average molecular weight is 340 g/mol. The summed E-state index contributed by atoms with van der Waals surface area (Å²) in [5.74, 6) is 1.34. The summed E-state index contributed by atoms with van der Waals surface area (Å²) >= 11 is 0. The molecule has 7 nitrogen and oxygen atoms in total. The predicted molar refractivity (Wildman–Crippen MR) is 91.5 cm³/mol. The lowest BCUT2D eigenvalue weighted by molar-refractivity contribution is 0.0945. The Hall–Kier alpha value is -3.09. The highest BCUT2D eigenvalue weighted by Crippen LogP contribution is 2.14. The monoisotopic (exact) mass is 340 g/mol. The van der Waals surface area contributed by atoms with Crippen LogP contribution in [0, 0.1) is 13.8 Å². The van der Waals surface area contributed by atoms with Gasteiger partial charge in [-0.1, -0.05) is 17.3 Å². The molecule has 0 fully saturated rings. The van der Waals surface area contributed by atoms with Crippen LogP contribution < -0.4 is 10.1 Å². The zero-order valence-corrected chi connectivity index (χ0v) is 14.4. The molecule has 7 heteroatoms. The molecule has 0 atom stereocenters. The lowest BCUT2D eigenvalue weighted by Crippen LogP contribution is -2.24. The van der Waals surface area contributed by atoms with Crippen LogP contribution >= 0.6 is 0 Å². The van der Waals surface area contributed by atoms with Gasteiger partial charge in [-0.25, -0.2) is 4.68 Å². The van der Waals surface area contributed by atoms with Crippen molar-refractivity contribution in [2.24, 2.45) is 0 Å². The summed E-state index contributed by atoms with van der Waals surface area (Å²) in [6.45, 7) is 4.63. The van der Waals surface area contributed by atoms with E-state index in [9.17, 15) is 4.79 Å². The Morgan fingerprint density at radius 1 is 1.24 bits per heavy atom. The van der Waals surface area contributed by atoms with Crippen LogP contribution in [0.5, 0.6) is 5.75 Å². The van der Waals surface area contributed by atoms with E-state index in [1.165, 1.54) is 0 Å². The topological polar surface area (TPSA) is 82.2 Å². The summed E-state index contributed by atoms with van der Waals surface area (Å²) in [5, 5.41) is 11.0. The second-order valence-electron chi connectivity index (χ2n) is 5.71. The van der Waals surface area contributed by atoms with Crippen molar-refractivity contribution >= 4 is 5.91 Å². The van der Waals surface area contributed by atoms with E-state index in [2.05, 4.69) is 15.6 Å². The highest BCUT2D eigenvalue weighted by Gasteiger charge is 2.17. The third-order valence-corrected chi connectivity index (χ3v) is 4.09. The fraction of sp³-hybridized carbons (Fsp3) is 0.278. The van der Waals surface area contributed by atoms with Gasteiger partial charge in [0.1, 0.15) is 11.5 Å². The zero-order chi connectivity index (χ0) is 17.8. The molecule has 3 aromatic rings. The van der Waals surface area contributed by atoms with Gasteiger partial charge < -0.3 is 14.5 Å². The van der Waals surface area contributed by atoms with E-state index in [1.54, 1.807) is 18.1 Å². The molecule has 1 amide bonds. The van der Waals surface area contributed by atoms with Gasteiger partial charge >= 0.3 is 0 Å². The van der Waals surface area contributed by atoms with Crippen molar-refractivity contribution in [3.05, 3.63) is 64.9 Å². The molecule has 0 aliphatic heterocycles. The van der Waals surface area contributed by atoms with Gasteiger partial charge in [-0.05, 0) is 37.6 Å². The van der Waals surface area contributed by atoms with Gasteiger partial charge in [0, 0.05) is 12.1 Å². The average Bonchev–Trinajstić information content (AvgIpc) is 3.19. The number of carbonyl (C=O) groups excluding carboxylic acids is 1. The molecule has 0 spiro atoms. The summed E-state index contributed by atoms with van der Waals surface area (Å²) in [7, 11) is 1.63. The Labute approximate surface area is 145 Å². The van der Waals surface area contributed by atoms with E-state index in [4.69, 9.17) is 9.15 Å². The number of hydrogen-bond donors (Lipinski definition) is 1. The van der Waals surface area contributed by atoms with Gasteiger partial charge in [-0.3, -0.25) is 4.79 Å². The first kappa shape index (κ1) is 16.8. The number of aryl methyl sites for hydroxylation is 1. The summed E-state index contributed by atoms with van der Waals surface area (Å²) < 4.78 is 12.1. The maximum Gasteiger partial charge on any atom is 0.274 e. The molecule has 0 saturated carbocycles. The number of aromatic nitrogens is 3. The maximum absolute atomic E-state index is 12.3. The van der Waals surface area contributed by atoms with Gasteiger partial charge in [0.25, 0.3) is 5.91 Å². The first-order valence-electron chi connectivity index (χ1n) is 7.92. The van der Waals surface area contributed by atoms with E-state index in [0.717, 1.165) is 28.3 Å². The van der Waals surface area contributed by atoms with Crippen molar-refractivity contribution in [3.63, 3.8) is 0 Å². The van der Waals surface area contributed by atoms with E-state index in [-0.39, 0.29) is 5.91 Å². The van der Waals surface area contributed by atoms with Gasteiger partial charge in [0.05, 0.1) is 25.6 Å². The molecule has 0 radical (unpaired) electrons. The third kappa shape index (κ3) is 3.71. The summed E-state index contributed by atoms with van der Waals surface area (Å²) in [6.07, 6.45) is 1.60. The number of nitrogens with one attached hydrogen (secondary N) is 1. The normalized spacial score (nSPS) is 10.7. The molecule has 1 N–H and O–H groups in total. The Morgan fingerprint density at radius 2 is 2.00 bits per heavy atom. The van der Waals surface area contributed by atoms with Gasteiger partial charge in [0.15, 0.2) is 5.69 Å². The van der Waals surface area contributed by atoms with E-state index >= 15 is 0 Å². The smallest absolute Gasteiger partial charge is 0.274 e. The molecule has 3 rings (SSSR count). The largest absolute Gasteiger partial charge is 0.497 e. The Balaban J connectivity index is 1.67. The molecule has 0 bridgehead atoms. The van der Waals surface area contributed by atoms with Crippen LogP contribution in [-0.4, -0.2) is 28.0 Å². The Morgan fingerprint density at radius 3 is 2.64 bits per heavy atom. The fourth-order valence-electron chi connectivity index (χ4n) is 2.48. The number of methoxy groups -OCH3 is 1. The van der Waals surface area contributed by atoms with Crippen molar-refractivity contribution in [2.45, 2.75) is 26.9 Å².